The van der Waals surface area contributed by atoms with E-state index in [1.165, 1.54) is 5.56 Å². The quantitative estimate of drug-likeness (QED) is 0.570. The van der Waals surface area contributed by atoms with Crippen LogP contribution in [0.15, 0.2) is 53.6 Å². The van der Waals surface area contributed by atoms with Crippen molar-refractivity contribution in [1.29, 1.82) is 0 Å². The fourth-order valence-electron chi connectivity index (χ4n) is 1.99. The number of aryl methyl sites for hydroxylation is 1. The van der Waals surface area contributed by atoms with Crippen molar-refractivity contribution in [3.63, 3.8) is 0 Å². The molecule has 3 aromatic rings. The number of aromatic amines is 1. The van der Waals surface area contributed by atoms with E-state index in [-0.39, 0.29) is 0 Å². The minimum Gasteiger partial charge on any atom is -0.250 e. The van der Waals surface area contributed by atoms with E-state index in [9.17, 15) is 0 Å². The van der Waals surface area contributed by atoms with Gasteiger partial charge in [0.1, 0.15) is 0 Å². The first-order valence-corrected chi connectivity index (χ1v) is 7.47. The highest BCUT2D eigenvalue weighted by molar-refractivity contribution is 7.71. The minimum absolute atomic E-state index is 0.430. The van der Waals surface area contributed by atoms with Crippen LogP contribution in [0.5, 0.6) is 0 Å². The molecule has 0 amide bonds. The molecule has 0 unspecified atom stereocenters. The minimum atomic E-state index is 0.430. The molecule has 22 heavy (non-hydrogen) atoms. The molecular weight excluding hydrogens is 316 g/mol. The second-order valence-electron chi connectivity index (χ2n) is 4.80. The third-order valence-corrected chi connectivity index (χ3v) is 3.79. The normalized spacial score (nSPS) is 11.2. The summed E-state index contributed by atoms with van der Waals surface area (Å²) in [5, 5.41) is 12.1. The average Bonchev–Trinajstić information content (AvgIpc) is 2.88. The van der Waals surface area contributed by atoms with Crippen molar-refractivity contribution < 1.29 is 0 Å². The number of nitrogens with zero attached hydrogens (tertiary/aromatic N) is 3. The first-order valence-electron chi connectivity index (χ1n) is 6.68. The number of benzene rings is 2. The van der Waals surface area contributed by atoms with Crippen LogP contribution in [0.2, 0.25) is 5.02 Å². The molecule has 6 heteroatoms. The van der Waals surface area contributed by atoms with Gasteiger partial charge >= 0.3 is 0 Å². The molecule has 0 aliphatic carbocycles. The Hall–Kier alpha value is -2.24. The van der Waals surface area contributed by atoms with Crippen molar-refractivity contribution in [3.05, 3.63) is 69.5 Å². The summed E-state index contributed by atoms with van der Waals surface area (Å²) in [5.74, 6) is 0.660. The number of H-pyrrole nitrogens is 1. The fourth-order valence-corrected chi connectivity index (χ4v) is 2.35. The molecule has 110 valence electrons. The number of aromatic nitrogens is 3. The van der Waals surface area contributed by atoms with E-state index in [4.69, 9.17) is 23.8 Å². The largest absolute Gasteiger partial charge is 0.250 e. The molecule has 0 spiro atoms. The third-order valence-electron chi connectivity index (χ3n) is 3.18. The zero-order valence-corrected chi connectivity index (χ0v) is 13.4. The Labute approximate surface area is 138 Å². The molecule has 0 aliphatic rings. The van der Waals surface area contributed by atoms with Gasteiger partial charge in [-0.25, -0.2) is 5.10 Å². The monoisotopic (exact) mass is 328 g/mol. The highest BCUT2D eigenvalue weighted by Crippen LogP contribution is 2.18. The molecule has 0 atom stereocenters. The molecule has 0 saturated carbocycles. The van der Waals surface area contributed by atoms with E-state index in [2.05, 4.69) is 15.3 Å². The summed E-state index contributed by atoms with van der Waals surface area (Å²) in [4.78, 5) is 0. The standard InChI is InChI=1S/C16H13ClN4S/c1-11-6-8-12(9-7-11)15-19-20-16(22)21(15)18-10-13-4-2-3-5-14(13)17/h2-10H,1H3,(H,20,22)/b18-10+. The Morgan fingerprint density at radius 1 is 1.18 bits per heavy atom. The molecule has 1 heterocycles. The lowest BCUT2D eigenvalue weighted by Gasteiger charge is -2.02. The van der Waals surface area contributed by atoms with Crippen LogP contribution < -0.4 is 0 Å². The van der Waals surface area contributed by atoms with Gasteiger partial charge in [0.05, 0.1) is 6.21 Å². The summed E-state index contributed by atoms with van der Waals surface area (Å²) >= 11 is 11.4. The van der Waals surface area contributed by atoms with Gasteiger partial charge in [0.2, 0.25) is 4.77 Å². The summed E-state index contributed by atoms with van der Waals surface area (Å²) in [6.07, 6.45) is 1.67. The molecule has 0 saturated heterocycles. The smallest absolute Gasteiger partial charge is 0.216 e. The van der Waals surface area contributed by atoms with E-state index >= 15 is 0 Å². The topological polar surface area (TPSA) is 46.0 Å². The van der Waals surface area contributed by atoms with Crippen LogP contribution in [0, 0.1) is 11.7 Å². The van der Waals surface area contributed by atoms with Gasteiger partial charge in [-0.05, 0) is 25.2 Å². The summed E-state index contributed by atoms with van der Waals surface area (Å²) < 4.78 is 2.02. The Kier molecular flexibility index (Phi) is 4.18. The first-order chi connectivity index (χ1) is 10.6. The SMILES string of the molecule is Cc1ccc(-c2n[nH]c(=S)n2/N=C/c2ccccc2Cl)cc1. The van der Waals surface area contributed by atoms with Crippen molar-refractivity contribution in [2.45, 2.75) is 6.92 Å². The van der Waals surface area contributed by atoms with Crippen molar-refractivity contribution >= 4 is 30.0 Å². The number of rotatable bonds is 3. The van der Waals surface area contributed by atoms with Crippen LogP contribution in [-0.4, -0.2) is 21.1 Å². The maximum absolute atomic E-state index is 6.13. The molecule has 3 rings (SSSR count). The predicted octanol–water partition coefficient (Wildman–Crippen LogP) is 4.45. The number of hydrogen-bond acceptors (Lipinski definition) is 3. The van der Waals surface area contributed by atoms with Crippen molar-refractivity contribution in [2.75, 3.05) is 0 Å². The maximum Gasteiger partial charge on any atom is 0.216 e. The molecule has 0 bridgehead atoms. The molecular formula is C16H13ClN4S. The molecule has 1 N–H and O–H groups in total. The molecule has 1 aromatic heterocycles. The Morgan fingerprint density at radius 3 is 2.64 bits per heavy atom. The van der Waals surface area contributed by atoms with Crippen molar-refractivity contribution in [1.82, 2.24) is 14.9 Å². The summed E-state index contributed by atoms with van der Waals surface area (Å²) in [6.45, 7) is 2.04. The van der Waals surface area contributed by atoms with E-state index < -0.39 is 0 Å². The van der Waals surface area contributed by atoms with Crippen LogP contribution in [0.25, 0.3) is 11.4 Å². The number of nitrogens with one attached hydrogen (secondary N) is 1. The van der Waals surface area contributed by atoms with Gasteiger partial charge in [0.15, 0.2) is 5.82 Å². The zero-order valence-electron chi connectivity index (χ0n) is 11.8. The summed E-state index contributed by atoms with van der Waals surface area (Å²) in [5.41, 5.74) is 2.94. The van der Waals surface area contributed by atoms with E-state index in [0.29, 0.717) is 15.6 Å². The van der Waals surface area contributed by atoms with Crippen LogP contribution in [0.1, 0.15) is 11.1 Å². The third kappa shape index (κ3) is 3.00. The van der Waals surface area contributed by atoms with Crippen LogP contribution in [0.3, 0.4) is 0 Å². The molecule has 0 aliphatic heterocycles. The molecule has 0 radical (unpaired) electrons. The average molecular weight is 329 g/mol. The molecule has 0 fully saturated rings. The Balaban J connectivity index is 2.01. The van der Waals surface area contributed by atoms with E-state index in [1.54, 1.807) is 10.9 Å². The van der Waals surface area contributed by atoms with Gasteiger partial charge in [-0.3, -0.25) is 0 Å². The van der Waals surface area contributed by atoms with Gasteiger partial charge in [-0.15, -0.1) is 0 Å². The van der Waals surface area contributed by atoms with Crippen LogP contribution >= 0.6 is 23.8 Å². The summed E-state index contributed by atoms with van der Waals surface area (Å²) in [6, 6.07) is 15.5. The Bertz CT molecular complexity index is 878. The summed E-state index contributed by atoms with van der Waals surface area (Å²) in [7, 11) is 0. The van der Waals surface area contributed by atoms with Gasteiger partial charge in [0.25, 0.3) is 0 Å². The number of halogens is 1. The predicted molar refractivity (Wildman–Crippen MR) is 92.0 cm³/mol. The van der Waals surface area contributed by atoms with Gasteiger partial charge in [0, 0.05) is 16.1 Å². The van der Waals surface area contributed by atoms with Gasteiger partial charge < -0.3 is 0 Å². The fraction of sp³-hybridized carbons (Fsp3) is 0.0625. The van der Waals surface area contributed by atoms with Gasteiger partial charge in [-0.1, -0.05) is 59.6 Å². The van der Waals surface area contributed by atoms with Crippen LogP contribution in [-0.2, 0) is 0 Å². The lowest BCUT2D eigenvalue weighted by Crippen LogP contribution is -1.95. The highest BCUT2D eigenvalue weighted by atomic mass is 35.5. The number of hydrogen-bond donors (Lipinski definition) is 1. The lowest BCUT2D eigenvalue weighted by atomic mass is 10.1. The first kappa shape index (κ1) is 14.7. The highest BCUT2D eigenvalue weighted by Gasteiger charge is 2.07. The molecule has 2 aromatic carbocycles. The molecule has 4 nitrogen and oxygen atoms in total. The maximum atomic E-state index is 6.13. The van der Waals surface area contributed by atoms with Crippen LogP contribution in [0.4, 0.5) is 0 Å². The van der Waals surface area contributed by atoms with Crippen molar-refractivity contribution in [2.24, 2.45) is 5.10 Å². The second-order valence-corrected chi connectivity index (χ2v) is 5.59. The lowest BCUT2D eigenvalue weighted by molar-refractivity contribution is 0.871. The second kappa shape index (κ2) is 6.25. The van der Waals surface area contributed by atoms with Crippen molar-refractivity contribution in [3.8, 4) is 11.4 Å². The van der Waals surface area contributed by atoms with Gasteiger partial charge in [-0.2, -0.15) is 14.9 Å². The van der Waals surface area contributed by atoms with E-state index in [1.807, 2.05) is 55.5 Å². The van der Waals surface area contributed by atoms with E-state index in [0.717, 1.165) is 11.1 Å². The Morgan fingerprint density at radius 2 is 1.91 bits per heavy atom. The zero-order chi connectivity index (χ0) is 15.5.